The highest BCUT2D eigenvalue weighted by atomic mass is 32.2. The van der Waals surface area contributed by atoms with Gasteiger partial charge in [-0.1, -0.05) is 30.0 Å². The molecule has 3 heterocycles. The molecular weight excluding hydrogens is 632 g/mol. The SMILES string of the molecule is CCCSc1nc(N([C@@H]2C[C@H]2c2ccc(F)c(F)c2)S(=O)(=O)N(C)C)c2nnn([C@@H]3C[C@H](OCCO)[C@H]4OC(C)(C)O[C@H]43)c2n1. The Morgan fingerprint density at radius 2 is 1.91 bits per heavy atom. The standard InChI is InChI=1S/C28H37F2N7O6S2/c1-6-11-44-27-31-25-22(33-34-36(25)20-14-21(41-10-9-38)24-23(20)42-28(2,3)43-24)26(32-27)37(45(39,40)35(4)5)19-13-16(19)15-7-8-17(29)18(30)12-15/h7-8,12,16,19-21,23-24,38H,6,9-11,13-14H2,1-5H3/t16-,19+,20+,21-,23-,24+/m0/s1. The normalized spacial score (nSPS) is 27.4. The van der Waals surface area contributed by atoms with Gasteiger partial charge in [-0.3, -0.25) is 0 Å². The van der Waals surface area contributed by atoms with Crippen molar-refractivity contribution in [1.29, 1.82) is 0 Å². The van der Waals surface area contributed by atoms with E-state index in [2.05, 4.69) is 10.3 Å². The molecule has 1 aromatic carbocycles. The predicted molar refractivity (Wildman–Crippen MR) is 161 cm³/mol. The van der Waals surface area contributed by atoms with Gasteiger partial charge in [-0.2, -0.15) is 12.7 Å². The zero-order chi connectivity index (χ0) is 32.3. The van der Waals surface area contributed by atoms with Crippen LogP contribution in [0.25, 0.3) is 11.2 Å². The maximum Gasteiger partial charge on any atom is 0.305 e. The number of hydrogen-bond acceptors (Lipinski definition) is 11. The van der Waals surface area contributed by atoms with Gasteiger partial charge < -0.3 is 19.3 Å². The quantitative estimate of drug-likeness (QED) is 0.224. The molecule has 2 aromatic heterocycles. The summed E-state index contributed by atoms with van der Waals surface area (Å²) in [5.74, 6) is -2.51. The highest BCUT2D eigenvalue weighted by molar-refractivity contribution is 7.99. The third-order valence-electron chi connectivity index (χ3n) is 8.19. The van der Waals surface area contributed by atoms with Gasteiger partial charge in [0.25, 0.3) is 0 Å². The molecule has 0 unspecified atom stereocenters. The fourth-order valence-corrected chi connectivity index (χ4v) is 8.06. The second kappa shape index (κ2) is 12.2. The van der Waals surface area contributed by atoms with Gasteiger partial charge in [-0.15, -0.1) is 5.10 Å². The number of aliphatic hydroxyl groups excluding tert-OH is 1. The number of aromatic nitrogens is 5. The first-order chi connectivity index (χ1) is 21.4. The van der Waals surface area contributed by atoms with Gasteiger partial charge in [0.15, 0.2) is 39.6 Å². The maximum atomic E-state index is 14.1. The lowest BCUT2D eigenvalue weighted by Crippen LogP contribution is -2.43. The summed E-state index contributed by atoms with van der Waals surface area (Å²) in [4.78, 5) is 9.50. The van der Waals surface area contributed by atoms with Crippen LogP contribution in [0.4, 0.5) is 14.6 Å². The molecule has 45 heavy (non-hydrogen) atoms. The first-order valence-electron chi connectivity index (χ1n) is 14.9. The average Bonchev–Trinajstić information content (AvgIpc) is 3.36. The Bertz CT molecular complexity index is 1680. The summed E-state index contributed by atoms with van der Waals surface area (Å²) in [6.07, 6.45) is 0.335. The molecule has 2 aliphatic carbocycles. The summed E-state index contributed by atoms with van der Waals surface area (Å²) in [6, 6.07) is 2.56. The molecule has 0 amide bonds. The van der Waals surface area contributed by atoms with E-state index in [9.17, 15) is 22.3 Å². The third kappa shape index (κ3) is 6.03. The zero-order valence-corrected chi connectivity index (χ0v) is 27.3. The van der Waals surface area contributed by atoms with Crippen molar-refractivity contribution in [3.8, 4) is 0 Å². The van der Waals surface area contributed by atoms with E-state index in [0.717, 1.165) is 22.9 Å². The molecule has 246 valence electrons. The lowest BCUT2D eigenvalue weighted by atomic mass is 10.1. The van der Waals surface area contributed by atoms with Crippen molar-refractivity contribution < 1.29 is 36.5 Å². The fraction of sp³-hybridized carbons (Fsp3) is 0.643. The van der Waals surface area contributed by atoms with Crippen LogP contribution >= 0.6 is 11.8 Å². The Morgan fingerprint density at radius 3 is 2.60 bits per heavy atom. The molecular formula is C28H37F2N7O6S2. The number of fused-ring (bicyclic) bond motifs is 2. The molecule has 0 radical (unpaired) electrons. The van der Waals surface area contributed by atoms with Crippen LogP contribution in [0.3, 0.4) is 0 Å². The number of rotatable bonds is 12. The van der Waals surface area contributed by atoms with Crippen LogP contribution in [-0.4, -0.2) is 106 Å². The van der Waals surface area contributed by atoms with Gasteiger partial charge in [0.1, 0.15) is 12.2 Å². The molecule has 6 atom stereocenters. The van der Waals surface area contributed by atoms with Crippen molar-refractivity contribution in [3.63, 3.8) is 0 Å². The van der Waals surface area contributed by atoms with Crippen LogP contribution in [0.5, 0.6) is 0 Å². The van der Waals surface area contributed by atoms with Crippen LogP contribution < -0.4 is 4.31 Å². The van der Waals surface area contributed by atoms with E-state index in [0.29, 0.717) is 35.0 Å². The molecule has 3 aliphatic rings. The maximum absolute atomic E-state index is 14.1. The van der Waals surface area contributed by atoms with Crippen molar-refractivity contribution >= 4 is 39.0 Å². The van der Waals surface area contributed by atoms with Gasteiger partial charge in [0, 0.05) is 32.2 Å². The molecule has 1 saturated heterocycles. The number of halogens is 2. The molecule has 0 spiro atoms. The number of benzene rings is 1. The van der Waals surface area contributed by atoms with Crippen LogP contribution in [0.15, 0.2) is 23.4 Å². The van der Waals surface area contributed by atoms with Gasteiger partial charge >= 0.3 is 10.2 Å². The number of nitrogens with zero attached hydrogens (tertiary/aromatic N) is 7. The van der Waals surface area contributed by atoms with Gasteiger partial charge in [-0.05, 0) is 44.4 Å². The number of thioether (sulfide) groups is 1. The summed E-state index contributed by atoms with van der Waals surface area (Å²) < 4.78 is 78.0. The second-order valence-electron chi connectivity index (χ2n) is 12.1. The van der Waals surface area contributed by atoms with Crippen molar-refractivity contribution in [2.24, 2.45) is 0 Å². The van der Waals surface area contributed by atoms with Crippen LogP contribution in [-0.2, 0) is 24.4 Å². The van der Waals surface area contributed by atoms with E-state index in [1.165, 1.54) is 36.2 Å². The molecule has 13 nitrogen and oxygen atoms in total. The Balaban J connectivity index is 1.46. The lowest BCUT2D eigenvalue weighted by molar-refractivity contribution is -0.171. The monoisotopic (exact) mass is 669 g/mol. The minimum Gasteiger partial charge on any atom is -0.394 e. The van der Waals surface area contributed by atoms with Gasteiger partial charge in [-0.25, -0.2) is 27.7 Å². The molecule has 3 aromatic rings. The number of aliphatic hydroxyl groups is 1. The van der Waals surface area contributed by atoms with Crippen LogP contribution in [0.1, 0.15) is 57.6 Å². The number of anilines is 1. The third-order valence-corrected chi connectivity index (χ3v) is 11.1. The molecule has 0 bridgehead atoms. The highest BCUT2D eigenvalue weighted by Crippen LogP contribution is 2.50. The van der Waals surface area contributed by atoms with Gasteiger partial charge in [0.05, 0.1) is 31.4 Å². The van der Waals surface area contributed by atoms with E-state index in [1.54, 1.807) is 4.68 Å². The van der Waals surface area contributed by atoms with Crippen molar-refractivity contribution in [1.82, 2.24) is 29.3 Å². The number of ether oxygens (including phenoxy) is 3. The van der Waals surface area contributed by atoms with Crippen LogP contribution in [0, 0.1) is 11.6 Å². The Hall–Kier alpha value is -2.54. The summed E-state index contributed by atoms with van der Waals surface area (Å²) >= 11 is 1.38. The summed E-state index contributed by atoms with van der Waals surface area (Å²) in [6.45, 7) is 5.63. The van der Waals surface area contributed by atoms with E-state index in [4.69, 9.17) is 24.2 Å². The molecule has 3 fully saturated rings. The van der Waals surface area contributed by atoms with E-state index in [1.807, 2.05) is 20.8 Å². The van der Waals surface area contributed by atoms with Crippen molar-refractivity contribution in [2.75, 3.05) is 37.4 Å². The van der Waals surface area contributed by atoms with E-state index < -0.39 is 63.9 Å². The minimum atomic E-state index is -4.14. The van der Waals surface area contributed by atoms with Crippen molar-refractivity contribution in [2.45, 2.75) is 87.3 Å². The van der Waals surface area contributed by atoms with Crippen molar-refractivity contribution in [3.05, 3.63) is 35.4 Å². The van der Waals surface area contributed by atoms with E-state index >= 15 is 0 Å². The first-order valence-corrected chi connectivity index (χ1v) is 17.2. The van der Waals surface area contributed by atoms with Gasteiger partial charge in [0.2, 0.25) is 0 Å². The molecule has 1 N–H and O–H groups in total. The molecule has 6 rings (SSSR count). The van der Waals surface area contributed by atoms with Crippen LogP contribution in [0.2, 0.25) is 0 Å². The topological polar surface area (TPSA) is 145 Å². The zero-order valence-electron chi connectivity index (χ0n) is 25.6. The lowest BCUT2D eigenvalue weighted by Gasteiger charge is -2.27. The first kappa shape index (κ1) is 32.4. The highest BCUT2D eigenvalue weighted by Gasteiger charge is 2.56. The number of hydrogen-bond donors (Lipinski definition) is 1. The minimum absolute atomic E-state index is 0.0557. The molecule has 1 aliphatic heterocycles. The second-order valence-corrected chi connectivity index (χ2v) is 15.1. The Morgan fingerprint density at radius 1 is 1.16 bits per heavy atom. The largest absolute Gasteiger partial charge is 0.394 e. The smallest absolute Gasteiger partial charge is 0.305 e. The Labute approximate surface area is 264 Å². The Kier molecular flexibility index (Phi) is 8.81. The molecule has 17 heteroatoms. The fourth-order valence-electron chi connectivity index (χ4n) is 6.10. The van der Waals surface area contributed by atoms with E-state index in [-0.39, 0.29) is 24.5 Å². The average molecular weight is 670 g/mol. The summed E-state index contributed by atoms with van der Waals surface area (Å²) in [5, 5.41) is 18.6. The molecule has 2 saturated carbocycles. The summed E-state index contributed by atoms with van der Waals surface area (Å²) in [7, 11) is -1.30. The predicted octanol–water partition coefficient (Wildman–Crippen LogP) is 3.01. The summed E-state index contributed by atoms with van der Waals surface area (Å²) in [5.41, 5.74) is 0.980.